The first-order valence-corrected chi connectivity index (χ1v) is 4.73. The predicted octanol–water partition coefficient (Wildman–Crippen LogP) is 1.48. The lowest BCUT2D eigenvalue weighted by Crippen LogP contribution is -2.43. The molecule has 14 heavy (non-hydrogen) atoms. The minimum atomic E-state index is -0.637. The van der Waals surface area contributed by atoms with Crippen LogP contribution in [0.4, 0.5) is 4.79 Å². The Bertz CT molecular complexity index is 186. The van der Waals surface area contributed by atoms with Crippen molar-refractivity contribution in [2.24, 2.45) is 0 Å². The maximum atomic E-state index is 11.2. The fourth-order valence-electron chi connectivity index (χ4n) is 0.840. The van der Waals surface area contributed by atoms with E-state index in [0.717, 1.165) is 0 Å². The molecule has 1 unspecified atom stereocenters. The van der Waals surface area contributed by atoms with Crippen LogP contribution in [0.1, 0.15) is 34.1 Å². The zero-order valence-electron chi connectivity index (χ0n) is 9.33. The molecule has 0 aromatic heterocycles. The first kappa shape index (κ1) is 13.2. The monoisotopic (exact) mass is 202 g/mol. The molecule has 0 spiro atoms. The van der Waals surface area contributed by atoms with Crippen LogP contribution in [-0.2, 0) is 4.74 Å². The quantitative estimate of drug-likeness (QED) is 0.729. The highest BCUT2D eigenvalue weighted by atomic mass is 16.6. The Labute approximate surface area is 85.6 Å². The van der Waals surface area contributed by atoms with E-state index < -0.39 is 17.8 Å². The summed E-state index contributed by atoms with van der Waals surface area (Å²) in [6, 6.07) is -0.345. The average molecular weight is 202 g/mol. The second-order valence-electron chi connectivity index (χ2n) is 4.29. The normalized spacial score (nSPS) is 15.9. The Morgan fingerprint density at radius 2 is 2.07 bits per heavy atom. The molecule has 0 saturated carbocycles. The molecule has 0 bridgehead atoms. The van der Waals surface area contributed by atoms with E-state index in [1.54, 1.807) is 27.7 Å². The Morgan fingerprint density at radius 3 is 2.43 bits per heavy atom. The highest BCUT2D eigenvalue weighted by Gasteiger charge is 2.20. The van der Waals surface area contributed by atoms with Crippen LogP contribution >= 0.6 is 0 Å². The molecule has 0 aliphatic heterocycles. The molecule has 0 aromatic carbocycles. The number of aliphatic hydroxyl groups is 1. The van der Waals surface area contributed by atoms with Gasteiger partial charge in [-0.2, -0.15) is 0 Å². The largest absolute Gasteiger partial charge is 0.444 e. The number of nitrogens with one attached hydrogen (secondary N) is 1. The highest BCUT2D eigenvalue weighted by Crippen LogP contribution is 2.07. The van der Waals surface area contributed by atoms with E-state index in [2.05, 4.69) is 12.2 Å². The molecule has 83 valence electrons. The van der Waals surface area contributed by atoms with Crippen LogP contribution in [0.5, 0.6) is 0 Å². The van der Waals surface area contributed by atoms with Gasteiger partial charge < -0.3 is 15.2 Å². The van der Waals surface area contributed by atoms with Crippen LogP contribution in [0, 0.1) is 6.92 Å². The lowest BCUT2D eigenvalue weighted by molar-refractivity contribution is 0.0438. The van der Waals surface area contributed by atoms with Gasteiger partial charge in [-0.1, -0.05) is 6.92 Å². The van der Waals surface area contributed by atoms with E-state index in [1.165, 1.54) is 0 Å². The smallest absolute Gasteiger partial charge is 0.407 e. The zero-order chi connectivity index (χ0) is 11.4. The van der Waals surface area contributed by atoms with E-state index in [-0.39, 0.29) is 6.04 Å². The number of hydrogen-bond donors (Lipinski definition) is 2. The van der Waals surface area contributed by atoms with Crippen LogP contribution in [0.2, 0.25) is 0 Å². The molecule has 2 N–H and O–H groups in total. The van der Waals surface area contributed by atoms with Gasteiger partial charge in [-0.05, 0) is 34.1 Å². The molecule has 1 radical (unpaired) electrons. The van der Waals surface area contributed by atoms with Gasteiger partial charge in [-0.15, -0.1) is 0 Å². The summed E-state index contributed by atoms with van der Waals surface area (Å²) in [5.74, 6) is 0. The molecule has 0 fully saturated rings. The number of rotatable bonds is 3. The van der Waals surface area contributed by atoms with Crippen LogP contribution in [-0.4, -0.2) is 28.9 Å². The van der Waals surface area contributed by atoms with Crippen LogP contribution in [0.15, 0.2) is 0 Å². The fraction of sp³-hybridized carbons (Fsp3) is 0.800. The maximum absolute atomic E-state index is 11.2. The van der Waals surface area contributed by atoms with Gasteiger partial charge in [0.2, 0.25) is 0 Å². The SMILES string of the molecule is [CH2]CC(O)[C@H](C)NC(=O)OC(C)(C)C. The number of aliphatic hydroxyl groups excluding tert-OH is 1. The number of carbonyl (C=O) groups excluding carboxylic acids is 1. The number of alkyl carbamates (subject to hydrolysis) is 1. The number of ether oxygens (including phenoxy) is 1. The molecule has 0 aliphatic rings. The Kier molecular flexibility index (Phi) is 4.91. The lowest BCUT2D eigenvalue weighted by Gasteiger charge is -2.23. The standard InChI is InChI=1S/C10H20NO3/c1-6-8(12)7(2)11-9(13)14-10(3,4)5/h7-8,12H,1,6H2,2-5H3,(H,11,13)/t7-,8?/m0/s1. The van der Waals surface area contributed by atoms with Crippen molar-refractivity contribution in [3.8, 4) is 0 Å². The third-order valence-corrected chi connectivity index (χ3v) is 1.62. The summed E-state index contributed by atoms with van der Waals surface area (Å²) >= 11 is 0. The molecule has 1 amide bonds. The van der Waals surface area contributed by atoms with E-state index in [4.69, 9.17) is 4.74 Å². The topological polar surface area (TPSA) is 58.6 Å². The van der Waals surface area contributed by atoms with Gasteiger partial charge in [0.25, 0.3) is 0 Å². The molecular formula is C10H20NO3. The number of carbonyl (C=O) groups is 1. The second kappa shape index (κ2) is 5.20. The molecule has 0 heterocycles. The van der Waals surface area contributed by atoms with Crippen molar-refractivity contribution in [3.63, 3.8) is 0 Å². The Morgan fingerprint density at radius 1 is 1.57 bits per heavy atom. The first-order chi connectivity index (χ1) is 6.26. The van der Waals surface area contributed by atoms with Crippen molar-refractivity contribution >= 4 is 6.09 Å². The van der Waals surface area contributed by atoms with E-state index >= 15 is 0 Å². The summed E-state index contributed by atoms with van der Waals surface area (Å²) in [5.41, 5.74) is -0.515. The van der Waals surface area contributed by atoms with Crippen molar-refractivity contribution < 1.29 is 14.6 Å². The van der Waals surface area contributed by atoms with E-state index in [9.17, 15) is 9.90 Å². The summed E-state index contributed by atoms with van der Waals surface area (Å²) in [6.07, 6.45) is -0.795. The third-order valence-electron chi connectivity index (χ3n) is 1.62. The average Bonchev–Trinajstić information content (AvgIpc) is 1.99. The van der Waals surface area contributed by atoms with Crippen molar-refractivity contribution in [1.29, 1.82) is 0 Å². The van der Waals surface area contributed by atoms with Gasteiger partial charge in [0.05, 0.1) is 12.1 Å². The molecule has 0 aliphatic carbocycles. The van der Waals surface area contributed by atoms with Gasteiger partial charge in [-0.25, -0.2) is 4.79 Å². The molecular weight excluding hydrogens is 182 g/mol. The van der Waals surface area contributed by atoms with E-state index in [0.29, 0.717) is 6.42 Å². The molecule has 0 saturated heterocycles. The third kappa shape index (κ3) is 5.80. The van der Waals surface area contributed by atoms with Crippen LogP contribution in [0.25, 0.3) is 0 Å². The number of amides is 1. The van der Waals surface area contributed by atoms with Crippen LogP contribution in [0.3, 0.4) is 0 Å². The molecule has 4 heteroatoms. The molecule has 0 rings (SSSR count). The van der Waals surface area contributed by atoms with E-state index in [1.807, 2.05) is 0 Å². The second-order valence-corrected chi connectivity index (χ2v) is 4.29. The fourth-order valence-corrected chi connectivity index (χ4v) is 0.840. The van der Waals surface area contributed by atoms with Crippen molar-refractivity contribution in [2.45, 2.75) is 51.9 Å². The van der Waals surface area contributed by atoms with Crippen molar-refractivity contribution in [2.75, 3.05) is 0 Å². The first-order valence-electron chi connectivity index (χ1n) is 4.73. The summed E-state index contributed by atoms with van der Waals surface area (Å²) in [6.45, 7) is 10.6. The summed E-state index contributed by atoms with van der Waals surface area (Å²) < 4.78 is 5.02. The highest BCUT2D eigenvalue weighted by molar-refractivity contribution is 5.68. The minimum absolute atomic E-state index is 0.345. The van der Waals surface area contributed by atoms with Gasteiger partial charge in [0.15, 0.2) is 0 Å². The van der Waals surface area contributed by atoms with Gasteiger partial charge in [0.1, 0.15) is 5.60 Å². The molecule has 0 aromatic rings. The molecule has 2 atom stereocenters. The van der Waals surface area contributed by atoms with Crippen molar-refractivity contribution in [3.05, 3.63) is 6.92 Å². The number of hydrogen-bond acceptors (Lipinski definition) is 3. The van der Waals surface area contributed by atoms with Gasteiger partial charge >= 0.3 is 6.09 Å². The Hall–Kier alpha value is -0.770. The minimum Gasteiger partial charge on any atom is -0.444 e. The lowest BCUT2D eigenvalue weighted by atomic mass is 10.1. The predicted molar refractivity (Wildman–Crippen MR) is 54.8 cm³/mol. The summed E-state index contributed by atoms with van der Waals surface area (Å²) in [4.78, 5) is 11.2. The van der Waals surface area contributed by atoms with Gasteiger partial charge in [-0.3, -0.25) is 0 Å². The summed E-state index contributed by atoms with van der Waals surface area (Å²) in [5, 5.41) is 11.9. The maximum Gasteiger partial charge on any atom is 0.407 e. The zero-order valence-corrected chi connectivity index (χ0v) is 9.33. The van der Waals surface area contributed by atoms with Gasteiger partial charge in [0, 0.05) is 0 Å². The Balaban J connectivity index is 3.95. The summed E-state index contributed by atoms with van der Waals surface area (Å²) in [7, 11) is 0. The van der Waals surface area contributed by atoms with Crippen LogP contribution < -0.4 is 5.32 Å². The van der Waals surface area contributed by atoms with Crippen molar-refractivity contribution in [1.82, 2.24) is 5.32 Å². The molecule has 4 nitrogen and oxygen atoms in total.